The van der Waals surface area contributed by atoms with E-state index < -0.39 is 23.8 Å². The predicted octanol–water partition coefficient (Wildman–Crippen LogP) is 3.79. The van der Waals surface area contributed by atoms with Crippen LogP contribution in [0.25, 0.3) is 0 Å². The molecular weight excluding hydrogens is 466 g/mol. The number of carbonyl (C=O) groups is 1. The Kier molecular flexibility index (Phi) is 7.61. The number of ether oxygens (including phenoxy) is 1. The molecule has 4 rings (SSSR count). The van der Waals surface area contributed by atoms with Crippen LogP contribution in [0.2, 0.25) is 0 Å². The Morgan fingerprint density at radius 3 is 2.47 bits per heavy atom. The Labute approximate surface area is 211 Å². The van der Waals surface area contributed by atoms with Crippen molar-refractivity contribution < 1.29 is 23.4 Å². The molecule has 3 N–H and O–H groups in total. The van der Waals surface area contributed by atoms with Gasteiger partial charge in [-0.15, -0.1) is 5.10 Å². The van der Waals surface area contributed by atoms with Crippen molar-refractivity contribution in [2.75, 3.05) is 6.54 Å². The number of hydrogen-bond acceptors (Lipinski definition) is 6. The molecule has 1 fully saturated rings. The van der Waals surface area contributed by atoms with Gasteiger partial charge in [0.2, 0.25) is 11.8 Å². The van der Waals surface area contributed by atoms with Crippen LogP contribution in [0.15, 0.2) is 24.3 Å². The lowest BCUT2D eigenvalue weighted by molar-refractivity contribution is -0.119. The number of benzene rings is 1. The summed E-state index contributed by atoms with van der Waals surface area (Å²) < 4.78 is 34.1. The number of amides is 1. The van der Waals surface area contributed by atoms with Crippen LogP contribution in [0, 0.1) is 17.0 Å². The normalized spacial score (nSPS) is 20.1. The molecule has 2 aliphatic rings. The van der Waals surface area contributed by atoms with Gasteiger partial charge in [-0.25, -0.2) is 8.78 Å². The van der Waals surface area contributed by atoms with Crippen LogP contribution < -0.4 is 15.4 Å². The van der Waals surface area contributed by atoms with E-state index in [0.717, 1.165) is 43.0 Å². The van der Waals surface area contributed by atoms with Crippen LogP contribution in [0.3, 0.4) is 0 Å². The van der Waals surface area contributed by atoms with Crippen LogP contribution in [-0.4, -0.2) is 45.5 Å². The van der Waals surface area contributed by atoms with E-state index in [1.165, 1.54) is 19.1 Å². The smallest absolute Gasteiger partial charge is 0.238 e. The molecule has 2 heterocycles. The van der Waals surface area contributed by atoms with Gasteiger partial charge in [0.25, 0.3) is 0 Å². The van der Waals surface area contributed by atoms with E-state index >= 15 is 0 Å². The van der Waals surface area contributed by atoms with Crippen molar-refractivity contribution in [2.45, 2.75) is 90.0 Å². The van der Waals surface area contributed by atoms with Crippen LogP contribution in [0.4, 0.5) is 8.78 Å². The second-order valence-corrected chi connectivity index (χ2v) is 11.5. The number of nitrogens with one attached hydrogen (secondary N) is 2. The monoisotopic (exact) mass is 502 g/mol. The van der Waals surface area contributed by atoms with Crippen molar-refractivity contribution in [3.63, 3.8) is 0 Å². The fraction of sp³-hybridized carbons (Fsp3) is 0.593. The number of aromatic nitrogens is 2. The first kappa shape index (κ1) is 26.4. The van der Waals surface area contributed by atoms with Crippen LogP contribution >= 0.6 is 0 Å². The van der Waals surface area contributed by atoms with Crippen molar-refractivity contribution in [1.29, 1.82) is 0 Å². The molecule has 1 spiro atoms. The molecule has 1 aliphatic carbocycles. The maximum atomic E-state index is 13.9. The van der Waals surface area contributed by atoms with Gasteiger partial charge >= 0.3 is 0 Å². The summed E-state index contributed by atoms with van der Waals surface area (Å²) in [6, 6.07) is 4.56. The third-order valence-corrected chi connectivity index (χ3v) is 6.90. The Morgan fingerprint density at radius 2 is 1.89 bits per heavy atom. The standard InChI is InChI=1S/C27H36F2N4O3/c1-16(34)30-15-24(35)22(10-17-8-18(28)11-19(29)9-17)31-23-14-27(6-5-7-27)36-25-21(23)12-20(32-33-25)13-26(2,3)4/h8-9,11-12,22-24,31,35H,5-7,10,13-15H2,1-4H3,(H,30,34)/t22?,23-,24+/m0/s1. The van der Waals surface area contributed by atoms with Crippen molar-refractivity contribution in [3.8, 4) is 5.88 Å². The molecule has 1 aliphatic heterocycles. The second kappa shape index (κ2) is 10.4. The molecule has 7 nitrogen and oxygen atoms in total. The minimum absolute atomic E-state index is 0.00981. The van der Waals surface area contributed by atoms with Gasteiger partial charge in [0.15, 0.2) is 0 Å². The highest BCUT2D eigenvalue weighted by atomic mass is 19.1. The zero-order valence-corrected chi connectivity index (χ0v) is 21.4. The Morgan fingerprint density at radius 1 is 1.19 bits per heavy atom. The van der Waals surface area contributed by atoms with E-state index in [9.17, 15) is 18.7 Å². The molecule has 2 aromatic rings. The topological polar surface area (TPSA) is 96.4 Å². The minimum Gasteiger partial charge on any atom is -0.470 e. The fourth-order valence-corrected chi connectivity index (χ4v) is 5.09. The SMILES string of the molecule is CC(=O)NC[C@@H](O)C(Cc1cc(F)cc(F)c1)N[C@H]1CC2(CCC2)Oc2nnc(CC(C)(C)C)cc21. The molecule has 1 amide bonds. The van der Waals surface area contributed by atoms with Gasteiger partial charge in [-0.1, -0.05) is 20.8 Å². The number of fused-ring (bicyclic) bond motifs is 1. The minimum atomic E-state index is -0.993. The molecule has 36 heavy (non-hydrogen) atoms. The molecule has 196 valence electrons. The predicted molar refractivity (Wildman–Crippen MR) is 131 cm³/mol. The van der Waals surface area contributed by atoms with Crippen molar-refractivity contribution in [3.05, 3.63) is 52.7 Å². The zero-order valence-electron chi connectivity index (χ0n) is 21.4. The first-order valence-electron chi connectivity index (χ1n) is 12.6. The summed E-state index contributed by atoms with van der Waals surface area (Å²) in [6.45, 7) is 7.79. The summed E-state index contributed by atoms with van der Waals surface area (Å²) in [5.41, 5.74) is 1.82. The highest BCUT2D eigenvalue weighted by Crippen LogP contribution is 2.48. The Bertz CT molecular complexity index is 1080. The molecular formula is C27H36F2N4O3. The number of rotatable bonds is 8. The summed E-state index contributed by atoms with van der Waals surface area (Å²) in [5.74, 6) is -1.13. The average Bonchev–Trinajstić information content (AvgIpc) is 2.74. The van der Waals surface area contributed by atoms with Crippen LogP contribution in [0.5, 0.6) is 5.88 Å². The lowest BCUT2D eigenvalue weighted by atomic mass is 9.73. The van der Waals surface area contributed by atoms with Crippen molar-refractivity contribution >= 4 is 5.91 Å². The Hall–Kier alpha value is -2.65. The van der Waals surface area contributed by atoms with Crippen molar-refractivity contribution in [2.24, 2.45) is 5.41 Å². The lowest BCUT2D eigenvalue weighted by Crippen LogP contribution is -2.54. The lowest BCUT2D eigenvalue weighted by Gasteiger charge is -2.48. The first-order valence-corrected chi connectivity index (χ1v) is 12.6. The van der Waals surface area contributed by atoms with Gasteiger partial charge in [-0.3, -0.25) is 4.79 Å². The molecule has 1 aromatic carbocycles. The number of nitrogens with zero attached hydrogens (tertiary/aromatic N) is 2. The molecule has 1 saturated carbocycles. The summed E-state index contributed by atoms with van der Waals surface area (Å²) in [6.07, 6.45) is 3.47. The van der Waals surface area contributed by atoms with Gasteiger partial charge in [0, 0.05) is 43.6 Å². The van der Waals surface area contributed by atoms with Gasteiger partial charge in [-0.2, -0.15) is 5.10 Å². The number of halogens is 2. The van der Waals surface area contributed by atoms with E-state index in [4.69, 9.17) is 4.74 Å². The molecule has 1 aromatic heterocycles. The van der Waals surface area contributed by atoms with Crippen LogP contribution in [0.1, 0.15) is 76.2 Å². The highest BCUT2D eigenvalue weighted by molar-refractivity contribution is 5.72. The molecule has 3 atom stereocenters. The summed E-state index contributed by atoms with van der Waals surface area (Å²) in [5, 5.41) is 26.0. The number of aliphatic hydroxyl groups is 1. The van der Waals surface area contributed by atoms with E-state index in [-0.39, 0.29) is 35.9 Å². The number of aliphatic hydroxyl groups excluding tert-OH is 1. The molecule has 9 heteroatoms. The molecule has 0 saturated heterocycles. The highest BCUT2D eigenvalue weighted by Gasteiger charge is 2.47. The average molecular weight is 503 g/mol. The first-order chi connectivity index (χ1) is 16.9. The Balaban J connectivity index is 1.64. The molecule has 1 unspecified atom stereocenters. The number of carbonyl (C=O) groups excluding carboxylic acids is 1. The number of hydrogen-bond donors (Lipinski definition) is 3. The van der Waals surface area contributed by atoms with E-state index in [1.54, 1.807) is 0 Å². The summed E-state index contributed by atoms with van der Waals surface area (Å²) in [7, 11) is 0. The summed E-state index contributed by atoms with van der Waals surface area (Å²) >= 11 is 0. The maximum Gasteiger partial charge on any atom is 0.238 e. The van der Waals surface area contributed by atoms with Gasteiger partial charge in [0.05, 0.1) is 11.8 Å². The van der Waals surface area contributed by atoms with Crippen LogP contribution in [-0.2, 0) is 17.6 Å². The van der Waals surface area contributed by atoms with E-state index in [0.29, 0.717) is 17.9 Å². The quantitative estimate of drug-likeness (QED) is 0.508. The fourth-order valence-electron chi connectivity index (χ4n) is 5.09. The van der Waals surface area contributed by atoms with Gasteiger partial charge in [-0.05, 0) is 61.3 Å². The van der Waals surface area contributed by atoms with E-state index in [1.807, 2.05) is 6.07 Å². The molecule has 0 radical (unpaired) electrons. The summed E-state index contributed by atoms with van der Waals surface area (Å²) in [4.78, 5) is 11.5. The van der Waals surface area contributed by atoms with E-state index in [2.05, 4.69) is 41.6 Å². The third kappa shape index (κ3) is 6.56. The van der Waals surface area contributed by atoms with Gasteiger partial charge < -0.3 is 20.5 Å². The second-order valence-electron chi connectivity index (χ2n) is 11.5. The largest absolute Gasteiger partial charge is 0.470 e. The maximum absolute atomic E-state index is 13.9. The van der Waals surface area contributed by atoms with Gasteiger partial charge in [0.1, 0.15) is 17.2 Å². The third-order valence-electron chi connectivity index (χ3n) is 6.90. The van der Waals surface area contributed by atoms with Crippen molar-refractivity contribution in [1.82, 2.24) is 20.8 Å². The zero-order chi connectivity index (χ0) is 26.1. The molecule has 0 bridgehead atoms.